The zero-order chi connectivity index (χ0) is 40.0. The van der Waals surface area contributed by atoms with Gasteiger partial charge >= 0.3 is 11.9 Å². The number of amides is 1. The zero-order valence-corrected chi connectivity index (χ0v) is 29.5. The van der Waals surface area contributed by atoms with Crippen LogP contribution in [0.25, 0.3) is 0 Å². The van der Waals surface area contributed by atoms with Gasteiger partial charge in [0.25, 0.3) is 5.91 Å². The summed E-state index contributed by atoms with van der Waals surface area (Å²) in [5, 5.41) is 106. The highest BCUT2D eigenvalue weighted by Gasteiger charge is 2.54. The van der Waals surface area contributed by atoms with Crippen LogP contribution >= 0.6 is 0 Å². The molecule has 4 fully saturated rings. The maximum atomic E-state index is 12.3. The van der Waals surface area contributed by atoms with Gasteiger partial charge in [-0.3, -0.25) is 14.4 Å². The van der Waals surface area contributed by atoms with Crippen LogP contribution < -0.4 is 0 Å². The molecule has 4 aliphatic rings. The maximum absolute atomic E-state index is 12.3. The Labute approximate surface area is 308 Å². The van der Waals surface area contributed by atoms with E-state index in [1.165, 1.54) is 14.0 Å². The predicted molar refractivity (Wildman–Crippen MR) is 169 cm³/mol. The summed E-state index contributed by atoms with van der Waals surface area (Å²) >= 11 is 0. The molecule has 23 heteroatoms. The van der Waals surface area contributed by atoms with Gasteiger partial charge in [0.2, 0.25) is 0 Å². The van der Waals surface area contributed by atoms with E-state index >= 15 is 0 Å². The first kappa shape index (κ1) is 44.2. The number of nitrogens with zero attached hydrogens (tertiary/aromatic N) is 2. The molecule has 54 heavy (non-hydrogen) atoms. The lowest BCUT2D eigenvalue weighted by Crippen LogP contribution is -2.67. The Kier molecular flexibility index (Phi) is 16.0. The summed E-state index contributed by atoms with van der Waals surface area (Å²) in [6, 6.07) is 0. The van der Waals surface area contributed by atoms with Gasteiger partial charge in [0.1, 0.15) is 86.0 Å². The lowest BCUT2D eigenvalue weighted by atomic mass is 9.95. The number of esters is 1. The van der Waals surface area contributed by atoms with Crippen LogP contribution in [0.15, 0.2) is 12.3 Å². The van der Waals surface area contributed by atoms with E-state index in [2.05, 4.69) is 6.58 Å². The quantitative estimate of drug-likeness (QED) is 0.0514. The van der Waals surface area contributed by atoms with Crippen molar-refractivity contribution in [2.75, 3.05) is 33.5 Å². The lowest BCUT2D eigenvalue weighted by Gasteiger charge is -2.48. The molecule has 23 nitrogen and oxygen atoms in total. The van der Waals surface area contributed by atoms with E-state index in [0.29, 0.717) is 12.1 Å². The van der Waals surface area contributed by atoms with Crippen LogP contribution in [0.2, 0.25) is 0 Å². The van der Waals surface area contributed by atoms with Crippen LogP contribution in [-0.4, -0.2) is 211 Å². The van der Waals surface area contributed by atoms with Crippen molar-refractivity contribution >= 4 is 17.8 Å². The van der Waals surface area contributed by atoms with E-state index in [9.17, 15) is 65.4 Å². The molecule has 0 saturated carbocycles. The lowest BCUT2D eigenvalue weighted by molar-refractivity contribution is -0.383. The zero-order valence-electron chi connectivity index (χ0n) is 29.5. The van der Waals surface area contributed by atoms with Crippen molar-refractivity contribution in [2.24, 2.45) is 0 Å². The van der Waals surface area contributed by atoms with Gasteiger partial charge in [0, 0.05) is 13.5 Å². The van der Waals surface area contributed by atoms with Gasteiger partial charge in [-0.15, -0.1) is 5.06 Å². The average molecular weight is 787 g/mol. The molecule has 4 heterocycles. The second kappa shape index (κ2) is 19.6. The Bertz CT molecular complexity index is 1260. The largest absolute Gasteiger partial charge is 0.460 e. The second-order valence-electron chi connectivity index (χ2n) is 13.2. The second-order valence-corrected chi connectivity index (χ2v) is 13.2. The number of aliphatic hydroxyl groups excluding tert-OH is 10. The monoisotopic (exact) mass is 786 g/mol. The normalized spacial score (nSPS) is 39.5. The third-order valence-corrected chi connectivity index (χ3v) is 9.16. The Morgan fingerprint density at radius 2 is 1.33 bits per heavy atom. The molecule has 0 aliphatic carbocycles. The fraction of sp³-hybridized carbons (Fsp3) is 0.839. The summed E-state index contributed by atoms with van der Waals surface area (Å²) in [5.74, 6) is -2.05. The first-order valence-electron chi connectivity index (χ1n) is 17.2. The Hall–Kier alpha value is -2.53. The summed E-state index contributed by atoms with van der Waals surface area (Å²) in [5.41, 5.74) is 0.323. The first-order valence-corrected chi connectivity index (χ1v) is 17.2. The summed E-state index contributed by atoms with van der Waals surface area (Å²) in [7, 11) is 1.30. The summed E-state index contributed by atoms with van der Waals surface area (Å²) in [6.07, 6.45) is -27.0. The molecule has 10 N–H and O–H groups in total. The molecule has 310 valence electrons. The minimum atomic E-state index is -1.98. The van der Waals surface area contributed by atoms with Gasteiger partial charge in [-0.05, 0) is 13.3 Å². The number of ether oxygens (including phenoxy) is 6. The number of rotatable bonds is 16. The number of hydrogen-bond donors (Lipinski definition) is 10. The molecule has 0 aromatic rings. The Balaban J connectivity index is 1.30. The number of carbonyl (C=O) groups excluding carboxylic acids is 3. The average Bonchev–Trinajstić information content (AvgIpc) is 3.46. The van der Waals surface area contributed by atoms with Crippen molar-refractivity contribution in [1.82, 2.24) is 10.1 Å². The third kappa shape index (κ3) is 10.3. The van der Waals surface area contributed by atoms with Crippen LogP contribution in [0.4, 0.5) is 0 Å². The minimum Gasteiger partial charge on any atom is -0.460 e. The van der Waals surface area contributed by atoms with Gasteiger partial charge in [0.15, 0.2) is 18.8 Å². The van der Waals surface area contributed by atoms with E-state index in [1.54, 1.807) is 0 Å². The molecule has 16 atom stereocenters. The minimum absolute atomic E-state index is 0.157. The van der Waals surface area contributed by atoms with Crippen molar-refractivity contribution in [2.45, 2.75) is 131 Å². The fourth-order valence-electron chi connectivity index (χ4n) is 6.06. The standard InChI is InChI=1S/C31H50N2O21/c1-12-4-5-17(37)33(12)54-19(39)7-6-18(38)48-13(2)11-47-32(3)29-24(44)23(43)27(16(10-36)49-29)52-31-26(46)28(21(41)15(9-35)51-31)53-30-25(45)22(42)20(40)14(8-34)50-30/h13-16,20-31,34-36,40-46H,1,4-11H2,2-3H3. The van der Waals surface area contributed by atoms with Gasteiger partial charge in [0.05, 0.1) is 38.4 Å². The molecule has 0 radical (unpaired) electrons. The topological polar surface area (TPSA) is 334 Å². The Morgan fingerprint density at radius 1 is 0.759 bits per heavy atom. The van der Waals surface area contributed by atoms with Crippen LogP contribution in [0.5, 0.6) is 0 Å². The molecule has 4 aliphatic heterocycles. The van der Waals surface area contributed by atoms with Crippen molar-refractivity contribution in [3.8, 4) is 0 Å². The number of allylic oxidation sites excluding steroid dienone is 1. The number of hydrogen-bond acceptors (Lipinski definition) is 22. The highest BCUT2D eigenvalue weighted by molar-refractivity contribution is 5.83. The highest BCUT2D eigenvalue weighted by Crippen LogP contribution is 2.33. The van der Waals surface area contributed by atoms with Crippen LogP contribution in [0.1, 0.15) is 32.6 Å². The van der Waals surface area contributed by atoms with Crippen molar-refractivity contribution in [3.63, 3.8) is 0 Å². The summed E-state index contributed by atoms with van der Waals surface area (Å²) in [6.45, 7) is 2.31. The number of likely N-dealkylation sites (N-methyl/N-ethyl adjacent to an activating group) is 1. The molecular weight excluding hydrogens is 736 g/mol. The van der Waals surface area contributed by atoms with Crippen LogP contribution in [-0.2, 0) is 52.5 Å². The van der Waals surface area contributed by atoms with Gasteiger partial charge < -0.3 is 84.3 Å². The maximum Gasteiger partial charge on any atom is 0.333 e. The van der Waals surface area contributed by atoms with Gasteiger partial charge in [-0.1, -0.05) is 6.58 Å². The van der Waals surface area contributed by atoms with Crippen LogP contribution in [0, 0.1) is 0 Å². The number of hydroxylamine groups is 4. The van der Waals surface area contributed by atoms with E-state index in [0.717, 1.165) is 10.1 Å². The molecule has 0 spiro atoms. The van der Waals surface area contributed by atoms with Crippen LogP contribution in [0.3, 0.4) is 0 Å². The molecule has 0 bridgehead atoms. The molecule has 1 amide bonds. The molecule has 0 aromatic heterocycles. The Morgan fingerprint density at radius 3 is 1.93 bits per heavy atom. The van der Waals surface area contributed by atoms with E-state index < -0.39 is 136 Å². The molecule has 4 saturated heterocycles. The van der Waals surface area contributed by atoms with Crippen molar-refractivity contribution in [1.29, 1.82) is 0 Å². The van der Waals surface area contributed by atoms with E-state index in [-0.39, 0.29) is 25.9 Å². The third-order valence-electron chi connectivity index (χ3n) is 9.16. The smallest absolute Gasteiger partial charge is 0.333 e. The van der Waals surface area contributed by atoms with Gasteiger partial charge in [-0.25, -0.2) is 4.79 Å². The molecule has 4 rings (SSSR count). The van der Waals surface area contributed by atoms with Crippen molar-refractivity contribution in [3.05, 3.63) is 12.3 Å². The SMILES string of the molecule is C=C1CCC(=O)N1OC(=O)CCC(=O)OC(C)CON(C)C1OC(CO)C(OC2OC(CO)C(O)C(OC3OC(CO)C(O)C(O)C3O)C2O)C(O)C1O. The summed E-state index contributed by atoms with van der Waals surface area (Å²) in [4.78, 5) is 46.5. The van der Waals surface area contributed by atoms with Gasteiger partial charge in [-0.2, -0.15) is 5.06 Å². The van der Waals surface area contributed by atoms with E-state index in [4.69, 9.17) is 38.1 Å². The molecule has 16 unspecified atom stereocenters. The fourth-order valence-corrected chi connectivity index (χ4v) is 6.06. The first-order chi connectivity index (χ1) is 25.5. The number of carbonyl (C=O) groups is 3. The molecule has 0 aromatic carbocycles. The summed E-state index contributed by atoms with van der Waals surface area (Å²) < 4.78 is 33.0. The molecular formula is C31H50N2O21. The highest BCUT2D eigenvalue weighted by atomic mass is 16.8. The predicted octanol–water partition coefficient (Wildman–Crippen LogP) is -6.40. The van der Waals surface area contributed by atoms with Crippen molar-refractivity contribution < 1.29 is 104 Å². The van der Waals surface area contributed by atoms with E-state index in [1.807, 2.05) is 0 Å². The number of aliphatic hydroxyl groups is 10.